The van der Waals surface area contributed by atoms with Crippen molar-refractivity contribution in [3.63, 3.8) is 0 Å². The lowest BCUT2D eigenvalue weighted by Gasteiger charge is -2.21. The monoisotopic (exact) mass is 866 g/mol. The summed E-state index contributed by atoms with van der Waals surface area (Å²) in [5, 5.41) is 12.3. The SMILES string of the molecule is C1=Cc2c(n(-c3ccc4c(-c5ccc6ccc7cccnc7c6n5)c5cc(-n6c7ccccc7c7ccccc76)ccc5c(-c5ccc6ccc7cccnc7c6n5)c4c3)c3ccccc23)CC1. The zero-order valence-electron chi connectivity index (χ0n) is 36.7. The van der Waals surface area contributed by atoms with Crippen molar-refractivity contribution < 1.29 is 0 Å². The molecule has 6 nitrogen and oxygen atoms in total. The molecule has 0 fully saturated rings. The van der Waals surface area contributed by atoms with Crippen LogP contribution in [0.3, 0.4) is 0 Å². The van der Waals surface area contributed by atoms with E-state index in [4.69, 9.17) is 19.9 Å². The van der Waals surface area contributed by atoms with Crippen LogP contribution in [0, 0.1) is 0 Å². The maximum Gasteiger partial charge on any atom is 0.0972 e. The van der Waals surface area contributed by atoms with Crippen molar-refractivity contribution in [2.24, 2.45) is 0 Å². The van der Waals surface area contributed by atoms with Crippen molar-refractivity contribution in [3.8, 4) is 33.9 Å². The minimum atomic E-state index is 0.884. The molecule has 0 saturated heterocycles. The number of allylic oxidation sites excluding steroid dienone is 1. The molecule has 0 atom stereocenters. The Morgan fingerprint density at radius 1 is 0.368 bits per heavy atom. The normalized spacial score (nSPS) is 12.8. The van der Waals surface area contributed by atoms with E-state index in [0.29, 0.717) is 0 Å². The number of hydrogen-bond donors (Lipinski definition) is 0. The molecule has 0 saturated carbocycles. The van der Waals surface area contributed by atoms with Gasteiger partial charge in [0.1, 0.15) is 0 Å². The minimum absolute atomic E-state index is 0.884. The molecule has 0 N–H and O–H groups in total. The molecule has 0 aliphatic heterocycles. The Morgan fingerprint density at radius 3 is 1.40 bits per heavy atom. The van der Waals surface area contributed by atoms with E-state index in [1.807, 2.05) is 24.5 Å². The average molecular weight is 867 g/mol. The summed E-state index contributed by atoms with van der Waals surface area (Å²) < 4.78 is 4.90. The van der Waals surface area contributed by atoms with Crippen LogP contribution in [0.4, 0.5) is 0 Å². The molecule has 6 heterocycles. The molecule has 0 radical (unpaired) electrons. The third kappa shape index (κ3) is 5.34. The number of para-hydroxylation sites is 3. The van der Waals surface area contributed by atoms with Gasteiger partial charge in [0.25, 0.3) is 0 Å². The fourth-order valence-corrected chi connectivity index (χ4v) is 11.4. The lowest BCUT2D eigenvalue weighted by Crippen LogP contribution is -2.03. The summed E-state index contributed by atoms with van der Waals surface area (Å²) >= 11 is 0. The second-order valence-corrected chi connectivity index (χ2v) is 18.1. The first kappa shape index (κ1) is 37.2. The van der Waals surface area contributed by atoms with Gasteiger partial charge in [0.05, 0.1) is 50.0 Å². The van der Waals surface area contributed by atoms with Gasteiger partial charge in [0.2, 0.25) is 0 Å². The largest absolute Gasteiger partial charge is 0.313 e. The van der Waals surface area contributed by atoms with Crippen LogP contribution in [0.2, 0.25) is 0 Å². The van der Waals surface area contributed by atoms with E-state index < -0.39 is 0 Å². The Labute approximate surface area is 389 Å². The third-order valence-electron chi connectivity index (χ3n) is 14.4. The molecule has 0 unspecified atom stereocenters. The summed E-state index contributed by atoms with van der Waals surface area (Å²) in [7, 11) is 0. The maximum atomic E-state index is 5.61. The summed E-state index contributed by atoms with van der Waals surface area (Å²) in [6.07, 6.45) is 10.3. The number of fused-ring (bicyclic) bond motifs is 14. The molecule has 68 heavy (non-hydrogen) atoms. The van der Waals surface area contributed by atoms with Gasteiger partial charge in [-0.25, -0.2) is 9.97 Å². The van der Waals surface area contributed by atoms with Crippen LogP contribution in [0.1, 0.15) is 17.7 Å². The molecule has 0 bridgehead atoms. The van der Waals surface area contributed by atoms with Crippen LogP contribution in [-0.2, 0) is 6.42 Å². The van der Waals surface area contributed by atoms with Crippen LogP contribution in [0.15, 0.2) is 200 Å². The van der Waals surface area contributed by atoms with E-state index in [9.17, 15) is 0 Å². The number of pyridine rings is 4. The molecule has 6 aromatic heterocycles. The molecule has 316 valence electrons. The summed E-state index contributed by atoms with van der Waals surface area (Å²) in [4.78, 5) is 21.0. The van der Waals surface area contributed by atoms with Crippen molar-refractivity contribution in [1.29, 1.82) is 0 Å². The number of aromatic nitrogens is 6. The Kier molecular flexibility index (Phi) is 7.80. The van der Waals surface area contributed by atoms with Crippen LogP contribution >= 0.6 is 0 Å². The molecule has 0 amide bonds. The second kappa shape index (κ2) is 14.2. The number of benzene rings is 8. The predicted molar refractivity (Wildman–Crippen MR) is 282 cm³/mol. The first-order valence-corrected chi connectivity index (χ1v) is 23.3. The van der Waals surface area contributed by atoms with Crippen LogP contribution in [0.25, 0.3) is 138 Å². The van der Waals surface area contributed by atoms with E-state index in [1.54, 1.807) is 0 Å². The van der Waals surface area contributed by atoms with Crippen molar-refractivity contribution in [2.75, 3.05) is 0 Å². The van der Waals surface area contributed by atoms with Crippen LogP contribution in [-0.4, -0.2) is 29.1 Å². The first-order valence-electron chi connectivity index (χ1n) is 23.3. The van der Waals surface area contributed by atoms with Gasteiger partial charge in [-0.05, 0) is 101 Å². The summed E-state index contributed by atoms with van der Waals surface area (Å²) in [5.41, 5.74) is 15.8. The van der Waals surface area contributed by atoms with Gasteiger partial charge in [0, 0.05) is 83.9 Å². The number of rotatable bonds is 4. The average Bonchev–Trinajstić information content (AvgIpc) is 3.93. The van der Waals surface area contributed by atoms with Crippen LogP contribution in [0.5, 0.6) is 0 Å². The van der Waals surface area contributed by atoms with Crippen molar-refractivity contribution in [2.45, 2.75) is 12.8 Å². The molecule has 1 aliphatic rings. The zero-order valence-corrected chi connectivity index (χ0v) is 36.7. The van der Waals surface area contributed by atoms with E-state index in [0.717, 1.165) is 123 Å². The third-order valence-corrected chi connectivity index (χ3v) is 14.4. The molecule has 6 heteroatoms. The Bertz CT molecular complexity index is 4460. The maximum absolute atomic E-state index is 5.61. The van der Waals surface area contributed by atoms with Gasteiger partial charge in [-0.2, -0.15) is 0 Å². The smallest absolute Gasteiger partial charge is 0.0972 e. The highest BCUT2D eigenvalue weighted by Crippen LogP contribution is 2.47. The Balaban J connectivity index is 1.11. The lowest BCUT2D eigenvalue weighted by atomic mass is 9.87. The van der Waals surface area contributed by atoms with E-state index in [1.165, 1.54) is 32.9 Å². The molecule has 15 rings (SSSR count). The van der Waals surface area contributed by atoms with Crippen LogP contribution < -0.4 is 0 Å². The summed E-state index contributed by atoms with van der Waals surface area (Å²) in [6.45, 7) is 0. The van der Waals surface area contributed by atoms with Gasteiger partial charge in [-0.1, -0.05) is 127 Å². The molecular weight excluding hydrogens is 829 g/mol. The molecular formula is C62H38N6. The summed E-state index contributed by atoms with van der Waals surface area (Å²) in [6, 6.07) is 65.9. The highest BCUT2D eigenvalue weighted by molar-refractivity contribution is 6.23. The fourth-order valence-electron chi connectivity index (χ4n) is 11.4. The fraction of sp³-hybridized carbons (Fsp3) is 0.0323. The Hall–Kier alpha value is -9.00. The second-order valence-electron chi connectivity index (χ2n) is 18.1. The van der Waals surface area contributed by atoms with Gasteiger partial charge in [0.15, 0.2) is 0 Å². The van der Waals surface area contributed by atoms with Gasteiger partial charge in [-0.3, -0.25) is 9.97 Å². The highest BCUT2D eigenvalue weighted by Gasteiger charge is 2.24. The first-order chi connectivity index (χ1) is 33.7. The van der Waals surface area contributed by atoms with Crippen molar-refractivity contribution >= 4 is 104 Å². The van der Waals surface area contributed by atoms with Crippen molar-refractivity contribution in [3.05, 3.63) is 212 Å². The summed E-state index contributed by atoms with van der Waals surface area (Å²) in [5.74, 6) is 0. The molecule has 14 aromatic rings. The lowest BCUT2D eigenvalue weighted by molar-refractivity contribution is 0.889. The minimum Gasteiger partial charge on any atom is -0.313 e. The van der Waals surface area contributed by atoms with Gasteiger partial charge >= 0.3 is 0 Å². The Morgan fingerprint density at radius 2 is 0.838 bits per heavy atom. The molecule has 8 aromatic carbocycles. The van der Waals surface area contributed by atoms with E-state index in [2.05, 4.69) is 191 Å². The topological polar surface area (TPSA) is 61.4 Å². The van der Waals surface area contributed by atoms with E-state index >= 15 is 0 Å². The van der Waals surface area contributed by atoms with Gasteiger partial charge < -0.3 is 9.13 Å². The number of nitrogens with zero attached hydrogens (tertiary/aromatic N) is 6. The van der Waals surface area contributed by atoms with Gasteiger partial charge in [-0.15, -0.1) is 0 Å². The highest BCUT2D eigenvalue weighted by atomic mass is 15.0. The van der Waals surface area contributed by atoms with Crippen molar-refractivity contribution in [1.82, 2.24) is 29.1 Å². The molecule has 1 aliphatic carbocycles. The predicted octanol–water partition coefficient (Wildman–Crippen LogP) is 15.5. The standard InChI is InChI=1S/C62H38N6/c1-5-17-53-43(13-1)44-14-2-6-18-54(44)67(53)41-27-29-47-49(35-41)57(51-31-25-39-23-21-37-11-9-33-63-59(37)61(39)65-51)48-30-28-42(68-55-19-7-3-15-45(55)46-16-4-8-20-56(46)68)36-50(48)58(47)52-32-26-40-24-22-38-12-10-34-64-60(38)62(40)66-52/h1-7,9-19,21-36H,8,20H2. The zero-order chi connectivity index (χ0) is 44.5. The number of hydrogen-bond acceptors (Lipinski definition) is 4. The van der Waals surface area contributed by atoms with E-state index in [-0.39, 0.29) is 0 Å². The quantitative estimate of drug-likeness (QED) is 0.131. The molecule has 0 spiro atoms.